The highest BCUT2D eigenvalue weighted by Crippen LogP contribution is 2.48. The van der Waals surface area contributed by atoms with Gasteiger partial charge in [-0.1, -0.05) is 23.7 Å². The number of anilines is 1. The van der Waals surface area contributed by atoms with Crippen LogP contribution in [0.1, 0.15) is 28.9 Å². The number of pyridine rings is 1. The molecule has 3 nitrogen and oxygen atoms in total. The Kier molecular flexibility index (Phi) is 3.45. The Labute approximate surface area is 123 Å². The molecule has 0 atom stereocenters. The summed E-state index contributed by atoms with van der Waals surface area (Å²) in [6.07, 6.45) is 4.81. The number of halogens is 1. The van der Waals surface area contributed by atoms with E-state index in [2.05, 4.69) is 22.4 Å². The molecule has 3 rings (SSSR count). The lowest BCUT2D eigenvalue weighted by Crippen LogP contribution is -2.19. The van der Waals surface area contributed by atoms with E-state index >= 15 is 0 Å². The third-order valence-corrected chi connectivity index (χ3v) is 4.10. The first-order chi connectivity index (χ1) is 9.72. The number of hydrogen-bond acceptors (Lipinski definition) is 3. The quantitative estimate of drug-likeness (QED) is 0.852. The second-order valence-electron chi connectivity index (χ2n) is 5.23. The van der Waals surface area contributed by atoms with E-state index in [1.807, 2.05) is 18.2 Å². The minimum atomic E-state index is 0.216. The van der Waals surface area contributed by atoms with Gasteiger partial charge in [-0.25, -0.2) is 0 Å². The Morgan fingerprint density at radius 2 is 1.95 bits per heavy atom. The maximum atomic E-state index is 10.6. The van der Waals surface area contributed by atoms with E-state index in [-0.39, 0.29) is 5.41 Å². The predicted molar refractivity (Wildman–Crippen MR) is 80.5 cm³/mol. The van der Waals surface area contributed by atoms with Crippen molar-refractivity contribution in [3.05, 3.63) is 58.9 Å². The molecule has 0 unspecified atom stereocenters. The predicted octanol–water partition coefficient (Wildman–Crippen LogP) is 3.69. The standard InChI is InChI=1S/C16H15ClN2O/c17-13-3-1-12(2-4-13)16(7-8-16)11-19-14-5-6-15(10-20)18-9-14/h1-6,9-10,19H,7-8,11H2. The van der Waals surface area contributed by atoms with Gasteiger partial charge in [-0.15, -0.1) is 0 Å². The van der Waals surface area contributed by atoms with E-state index in [1.165, 1.54) is 18.4 Å². The van der Waals surface area contributed by atoms with Crippen molar-refractivity contribution in [2.75, 3.05) is 11.9 Å². The van der Waals surface area contributed by atoms with Gasteiger partial charge in [0.1, 0.15) is 5.69 Å². The van der Waals surface area contributed by atoms with Gasteiger partial charge in [0, 0.05) is 17.0 Å². The molecule has 2 aromatic rings. The minimum absolute atomic E-state index is 0.216. The van der Waals surface area contributed by atoms with Gasteiger partial charge >= 0.3 is 0 Å². The summed E-state index contributed by atoms with van der Waals surface area (Å²) in [5.74, 6) is 0. The molecular formula is C16H15ClN2O. The molecule has 1 aromatic carbocycles. The summed E-state index contributed by atoms with van der Waals surface area (Å²) >= 11 is 5.93. The molecule has 1 saturated carbocycles. The van der Waals surface area contributed by atoms with E-state index in [9.17, 15) is 4.79 Å². The van der Waals surface area contributed by atoms with Gasteiger partial charge in [0.05, 0.1) is 11.9 Å². The van der Waals surface area contributed by atoms with Crippen LogP contribution in [0.4, 0.5) is 5.69 Å². The third kappa shape index (κ3) is 2.68. The van der Waals surface area contributed by atoms with Crippen LogP contribution in [0, 0.1) is 0 Å². The van der Waals surface area contributed by atoms with Crippen LogP contribution in [0.25, 0.3) is 0 Å². The van der Waals surface area contributed by atoms with Crippen molar-refractivity contribution in [1.29, 1.82) is 0 Å². The molecule has 20 heavy (non-hydrogen) atoms. The van der Waals surface area contributed by atoms with E-state index in [0.717, 1.165) is 23.5 Å². The minimum Gasteiger partial charge on any atom is -0.383 e. The van der Waals surface area contributed by atoms with Crippen molar-refractivity contribution in [2.45, 2.75) is 18.3 Å². The summed E-state index contributed by atoms with van der Waals surface area (Å²) in [5, 5.41) is 4.17. The second kappa shape index (κ2) is 5.25. The number of aromatic nitrogens is 1. The number of hydrogen-bond donors (Lipinski definition) is 1. The third-order valence-electron chi connectivity index (χ3n) is 3.85. The molecular weight excluding hydrogens is 272 g/mol. The number of aldehydes is 1. The lowest BCUT2D eigenvalue weighted by molar-refractivity contribution is 0.111. The number of benzene rings is 1. The van der Waals surface area contributed by atoms with Gasteiger partial charge in [0.2, 0.25) is 0 Å². The maximum Gasteiger partial charge on any atom is 0.168 e. The molecule has 1 N–H and O–H groups in total. The van der Waals surface area contributed by atoms with Crippen molar-refractivity contribution in [3.63, 3.8) is 0 Å². The molecule has 0 aliphatic heterocycles. The molecule has 0 radical (unpaired) electrons. The summed E-state index contributed by atoms with van der Waals surface area (Å²) in [6.45, 7) is 0.872. The van der Waals surface area contributed by atoms with Crippen molar-refractivity contribution in [3.8, 4) is 0 Å². The van der Waals surface area contributed by atoms with Crippen molar-refractivity contribution in [2.24, 2.45) is 0 Å². The molecule has 102 valence electrons. The molecule has 0 amide bonds. The van der Waals surface area contributed by atoms with Crippen LogP contribution in [-0.2, 0) is 5.41 Å². The largest absolute Gasteiger partial charge is 0.383 e. The van der Waals surface area contributed by atoms with Crippen LogP contribution < -0.4 is 5.32 Å². The average molecular weight is 287 g/mol. The first-order valence-electron chi connectivity index (χ1n) is 6.63. The fraction of sp³-hybridized carbons (Fsp3) is 0.250. The molecule has 0 saturated heterocycles. The first-order valence-corrected chi connectivity index (χ1v) is 7.01. The summed E-state index contributed by atoms with van der Waals surface area (Å²) < 4.78 is 0. The molecule has 1 aliphatic carbocycles. The van der Waals surface area contributed by atoms with Crippen molar-refractivity contribution >= 4 is 23.6 Å². The lowest BCUT2D eigenvalue weighted by Gasteiger charge is -2.17. The van der Waals surface area contributed by atoms with Gasteiger partial charge in [-0.3, -0.25) is 9.78 Å². The number of nitrogens with one attached hydrogen (secondary N) is 1. The molecule has 1 aliphatic rings. The summed E-state index contributed by atoms with van der Waals surface area (Å²) in [6, 6.07) is 11.7. The normalized spacial score (nSPS) is 15.7. The SMILES string of the molecule is O=Cc1ccc(NCC2(c3ccc(Cl)cc3)CC2)cn1. The smallest absolute Gasteiger partial charge is 0.168 e. The Hall–Kier alpha value is -1.87. The Morgan fingerprint density at radius 3 is 2.50 bits per heavy atom. The average Bonchev–Trinajstić information content (AvgIpc) is 3.27. The van der Waals surface area contributed by atoms with Gasteiger partial charge < -0.3 is 5.32 Å². The van der Waals surface area contributed by atoms with Gasteiger partial charge in [0.25, 0.3) is 0 Å². The lowest BCUT2D eigenvalue weighted by atomic mass is 9.96. The monoisotopic (exact) mass is 286 g/mol. The molecule has 1 heterocycles. The highest BCUT2D eigenvalue weighted by atomic mass is 35.5. The van der Waals surface area contributed by atoms with Gasteiger partial charge in [-0.2, -0.15) is 0 Å². The zero-order valence-electron chi connectivity index (χ0n) is 11.0. The van der Waals surface area contributed by atoms with Crippen LogP contribution in [-0.4, -0.2) is 17.8 Å². The zero-order chi connectivity index (χ0) is 14.0. The van der Waals surface area contributed by atoms with Crippen LogP contribution in [0.3, 0.4) is 0 Å². The Morgan fingerprint density at radius 1 is 1.20 bits per heavy atom. The summed E-state index contributed by atoms with van der Waals surface area (Å²) in [7, 11) is 0. The number of carbonyl (C=O) groups is 1. The highest BCUT2D eigenvalue weighted by Gasteiger charge is 2.43. The van der Waals surface area contributed by atoms with E-state index in [4.69, 9.17) is 11.6 Å². The van der Waals surface area contributed by atoms with Crippen molar-refractivity contribution < 1.29 is 4.79 Å². The van der Waals surface area contributed by atoms with E-state index in [0.29, 0.717) is 5.69 Å². The zero-order valence-corrected chi connectivity index (χ0v) is 11.7. The molecule has 4 heteroatoms. The van der Waals surface area contributed by atoms with Gasteiger partial charge in [-0.05, 0) is 42.7 Å². The first kappa shape index (κ1) is 13.1. The Balaban J connectivity index is 1.68. The Bertz CT molecular complexity index is 603. The van der Waals surface area contributed by atoms with E-state index in [1.54, 1.807) is 12.3 Å². The number of nitrogens with zero attached hydrogens (tertiary/aromatic N) is 1. The van der Waals surface area contributed by atoms with Crippen LogP contribution >= 0.6 is 11.6 Å². The second-order valence-corrected chi connectivity index (χ2v) is 5.67. The maximum absolute atomic E-state index is 10.6. The van der Waals surface area contributed by atoms with Crippen molar-refractivity contribution in [1.82, 2.24) is 4.98 Å². The molecule has 0 spiro atoms. The highest BCUT2D eigenvalue weighted by molar-refractivity contribution is 6.30. The fourth-order valence-electron chi connectivity index (χ4n) is 2.37. The van der Waals surface area contributed by atoms with Crippen LogP contribution in [0.15, 0.2) is 42.6 Å². The number of rotatable bonds is 5. The fourth-order valence-corrected chi connectivity index (χ4v) is 2.50. The molecule has 1 fully saturated rings. The van der Waals surface area contributed by atoms with Crippen LogP contribution in [0.2, 0.25) is 5.02 Å². The van der Waals surface area contributed by atoms with Crippen LogP contribution in [0.5, 0.6) is 0 Å². The topological polar surface area (TPSA) is 42.0 Å². The molecule has 0 bridgehead atoms. The number of carbonyl (C=O) groups excluding carboxylic acids is 1. The summed E-state index contributed by atoms with van der Waals surface area (Å²) in [5.41, 5.74) is 2.94. The van der Waals surface area contributed by atoms with E-state index < -0.39 is 0 Å². The molecule has 1 aromatic heterocycles. The van der Waals surface area contributed by atoms with Gasteiger partial charge in [0.15, 0.2) is 6.29 Å². The summed E-state index contributed by atoms with van der Waals surface area (Å²) in [4.78, 5) is 14.6.